The maximum Gasteiger partial charge on any atom is 0.187 e. The summed E-state index contributed by atoms with van der Waals surface area (Å²) < 4.78 is 0. The Bertz CT molecular complexity index is 454. The fraction of sp³-hybridized carbons (Fsp3) is 0. The minimum Gasteiger partial charge on any atom is -0.245 e. The molecular weight excluding hydrogens is 174 g/mol. The van der Waals surface area contributed by atoms with Gasteiger partial charge in [-0.15, -0.1) is 0 Å². The van der Waals surface area contributed by atoms with Crippen LogP contribution in [-0.4, -0.2) is 9.97 Å². The molecule has 0 atom stereocenters. The number of nitrogens with zero attached hydrogens (tertiary/aromatic N) is 3. The molecule has 0 aliphatic rings. The van der Waals surface area contributed by atoms with Crippen LogP contribution in [0.3, 0.4) is 0 Å². The lowest BCUT2D eigenvalue weighted by atomic mass is 10.1. The lowest BCUT2D eigenvalue weighted by Crippen LogP contribution is -1.82. The van der Waals surface area contributed by atoms with Gasteiger partial charge in [-0.25, -0.2) is 14.8 Å². The van der Waals surface area contributed by atoms with Crippen molar-refractivity contribution in [3.05, 3.63) is 54.3 Å². The fourth-order valence-electron chi connectivity index (χ4n) is 1.17. The molecule has 0 amide bonds. The highest BCUT2D eigenvalue weighted by molar-refractivity contribution is 5.62. The highest BCUT2D eigenvalue weighted by Crippen LogP contribution is 2.19. The predicted octanol–water partition coefficient (Wildman–Crippen LogP) is 2.69. The number of benzene rings is 1. The van der Waals surface area contributed by atoms with E-state index in [-0.39, 0.29) is 0 Å². The van der Waals surface area contributed by atoms with E-state index >= 15 is 0 Å². The van der Waals surface area contributed by atoms with Crippen LogP contribution in [-0.2, 0) is 0 Å². The van der Waals surface area contributed by atoms with E-state index in [2.05, 4.69) is 14.8 Å². The largest absolute Gasteiger partial charge is 0.245 e. The highest BCUT2D eigenvalue weighted by atomic mass is 14.8. The molecule has 0 aliphatic heterocycles. The Labute approximate surface area is 81.9 Å². The third kappa shape index (κ3) is 1.59. The van der Waals surface area contributed by atoms with Crippen molar-refractivity contribution in [3.63, 3.8) is 0 Å². The summed E-state index contributed by atoms with van der Waals surface area (Å²) in [6.45, 7) is 6.82. The van der Waals surface area contributed by atoms with E-state index < -0.39 is 0 Å². The van der Waals surface area contributed by atoms with Crippen molar-refractivity contribution in [1.82, 2.24) is 9.97 Å². The van der Waals surface area contributed by atoms with Crippen molar-refractivity contribution in [3.8, 4) is 11.3 Å². The summed E-state index contributed by atoms with van der Waals surface area (Å²) >= 11 is 0. The molecule has 2 aromatic rings. The Kier molecular flexibility index (Phi) is 2.20. The molecule has 14 heavy (non-hydrogen) atoms. The topological polar surface area (TPSA) is 30.1 Å². The van der Waals surface area contributed by atoms with Gasteiger partial charge in [0.2, 0.25) is 0 Å². The van der Waals surface area contributed by atoms with Crippen molar-refractivity contribution in [2.24, 2.45) is 0 Å². The first kappa shape index (κ1) is 8.39. The second kappa shape index (κ2) is 3.67. The minimum absolute atomic E-state index is 0.641. The molecule has 0 saturated heterocycles. The van der Waals surface area contributed by atoms with Gasteiger partial charge in [0.15, 0.2) is 5.69 Å². The molecule has 0 unspecified atom stereocenters. The predicted molar refractivity (Wildman–Crippen MR) is 53.7 cm³/mol. The average Bonchev–Trinajstić information content (AvgIpc) is 2.30. The summed E-state index contributed by atoms with van der Waals surface area (Å²) in [6.07, 6.45) is 3.21. The highest BCUT2D eigenvalue weighted by Gasteiger charge is 1.97. The molecule has 2 rings (SSSR count). The first-order valence-electron chi connectivity index (χ1n) is 4.14. The van der Waals surface area contributed by atoms with Gasteiger partial charge in [-0.3, -0.25) is 0 Å². The molecule has 0 saturated carbocycles. The van der Waals surface area contributed by atoms with Crippen molar-refractivity contribution in [2.75, 3.05) is 0 Å². The van der Waals surface area contributed by atoms with Gasteiger partial charge in [0.25, 0.3) is 0 Å². The maximum absolute atomic E-state index is 6.82. The molecular formula is C11H7N3. The lowest BCUT2D eigenvalue weighted by molar-refractivity contribution is 1.17. The first-order chi connectivity index (χ1) is 6.90. The third-order valence-electron chi connectivity index (χ3n) is 1.87. The van der Waals surface area contributed by atoms with Gasteiger partial charge >= 0.3 is 0 Å². The van der Waals surface area contributed by atoms with Crippen molar-refractivity contribution < 1.29 is 0 Å². The summed E-state index contributed by atoms with van der Waals surface area (Å²) in [5.74, 6) is 0. The van der Waals surface area contributed by atoms with Crippen LogP contribution in [0, 0.1) is 6.57 Å². The Morgan fingerprint density at radius 2 is 1.86 bits per heavy atom. The van der Waals surface area contributed by atoms with Gasteiger partial charge < -0.3 is 0 Å². The van der Waals surface area contributed by atoms with Gasteiger partial charge in [-0.2, -0.15) is 0 Å². The van der Waals surface area contributed by atoms with Crippen LogP contribution in [0.15, 0.2) is 42.9 Å². The lowest BCUT2D eigenvalue weighted by Gasteiger charge is -1.98. The minimum atomic E-state index is 0.641. The second-order valence-electron chi connectivity index (χ2n) is 2.75. The second-order valence-corrected chi connectivity index (χ2v) is 2.75. The van der Waals surface area contributed by atoms with Gasteiger partial charge in [0.05, 0.1) is 12.3 Å². The summed E-state index contributed by atoms with van der Waals surface area (Å²) in [5.41, 5.74) is 2.51. The zero-order valence-electron chi connectivity index (χ0n) is 7.38. The summed E-state index contributed by atoms with van der Waals surface area (Å²) in [4.78, 5) is 11.3. The molecule has 1 heterocycles. The van der Waals surface area contributed by atoms with Crippen molar-refractivity contribution in [2.45, 2.75) is 0 Å². The number of aromatic nitrogens is 2. The van der Waals surface area contributed by atoms with E-state index in [9.17, 15) is 0 Å². The smallest absolute Gasteiger partial charge is 0.187 e. The molecule has 3 nitrogen and oxygen atoms in total. The fourth-order valence-corrected chi connectivity index (χ4v) is 1.17. The Morgan fingerprint density at radius 3 is 2.43 bits per heavy atom. The number of hydrogen-bond donors (Lipinski definition) is 0. The molecule has 1 aromatic carbocycles. The number of hydrogen-bond acceptors (Lipinski definition) is 2. The van der Waals surface area contributed by atoms with Crippen molar-refractivity contribution >= 4 is 5.69 Å². The molecule has 0 N–H and O–H groups in total. The van der Waals surface area contributed by atoms with Gasteiger partial charge in [0, 0.05) is 6.20 Å². The van der Waals surface area contributed by atoms with E-state index in [1.807, 2.05) is 18.2 Å². The maximum atomic E-state index is 6.82. The molecule has 66 valence electrons. The van der Waals surface area contributed by atoms with E-state index in [1.54, 1.807) is 18.3 Å². The molecule has 0 spiro atoms. The number of rotatable bonds is 1. The first-order valence-corrected chi connectivity index (χ1v) is 4.14. The van der Waals surface area contributed by atoms with Crippen molar-refractivity contribution in [1.29, 1.82) is 0 Å². The van der Waals surface area contributed by atoms with Crippen LogP contribution < -0.4 is 0 Å². The van der Waals surface area contributed by atoms with Crippen LogP contribution in [0.25, 0.3) is 16.1 Å². The van der Waals surface area contributed by atoms with Gasteiger partial charge in [-0.1, -0.05) is 24.3 Å². The van der Waals surface area contributed by atoms with E-state index in [4.69, 9.17) is 6.57 Å². The van der Waals surface area contributed by atoms with Crippen LogP contribution >= 0.6 is 0 Å². The van der Waals surface area contributed by atoms with Gasteiger partial charge in [-0.05, 0) is 11.6 Å². The normalized spacial score (nSPS) is 9.36. The third-order valence-corrected chi connectivity index (χ3v) is 1.87. The molecule has 0 aliphatic carbocycles. The Hall–Kier alpha value is -2.21. The van der Waals surface area contributed by atoms with E-state index in [1.165, 1.54) is 6.33 Å². The quantitative estimate of drug-likeness (QED) is 0.633. The van der Waals surface area contributed by atoms with E-state index in [0.29, 0.717) is 5.69 Å². The standard InChI is InChI=1S/C11H7N3/c1-12-10-4-2-9(3-5-10)11-6-7-13-8-14-11/h2-8H. The Balaban J connectivity index is 2.40. The van der Waals surface area contributed by atoms with Crippen LogP contribution in [0.2, 0.25) is 0 Å². The molecule has 3 heteroatoms. The Morgan fingerprint density at radius 1 is 1.07 bits per heavy atom. The van der Waals surface area contributed by atoms with Gasteiger partial charge in [0.1, 0.15) is 6.33 Å². The van der Waals surface area contributed by atoms with Crippen LogP contribution in [0.1, 0.15) is 0 Å². The SMILES string of the molecule is [C-]#[N+]c1ccc(-c2ccncn2)cc1. The molecule has 1 aromatic heterocycles. The van der Waals surface area contributed by atoms with E-state index in [0.717, 1.165) is 11.3 Å². The zero-order valence-corrected chi connectivity index (χ0v) is 7.38. The summed E-state index contributed by atoms with van der Waals surface area (Å²) in [7, 11) is 0. The summed E-state index contributed by atoms with van der Waals surface area (Å²) in [5, 5.41) is 0. The van der Waals surface area contributed by atoms with Crippen LogP contribution in [0.5, 0.6) is 0 Å². The monoisotopic (exact) mass is 181 g/mol. The molecule has 0 fully saturated rings. The average molecular weight is 181 g/mol. The molecule has 0 bridgehead atoms. The molecule has 0 radical (unpaired) electrons. The van der Waals surface area contributed by atoms with Crippen LogP contribution in [0.4, 0.5) is 5.69 Å². The zero-order chi connectivity index (χ0) is 9.80. The summed E-state index contributed by atoms with van der Waals surface area (Å²) in [6, 6.07) is 9.17.